The molecule has 2 aromatic heterocycles. The van der Waals surface area contributed by atoms with Gasteiger partial charge in [0.1, 0.15) is 11.6 Å². The zero-order chi connectivity index (χ0) is 31.0. The maximum absolute atomic E-state index is 15.2. The molecule has 8 rings (SSSR count). The third kappa shape index (κ3) is 5.06. The number of hydrogen-bond acceptors (Lipinski definition) is 4. The highest BCUT2D eigenvalue weighted by atomic mass is 19.1. The lowest BCUT2D eigenvalue weighted by Gasteiger charge is -2.15. The summed E-state index contributed by atoms with van der Waals surface area (Å²) >= 11 is 0. The Morgan fingerprint density at radius 2 is 1.07 bits per heavy atom. The highest BCUT2D eigenvalue weighted by molar-refractivity contribution is 6.06. The number of pyridine rings is 1. The standard InChI is InChI=1S/C40H24F2N4/c41-31-20-30-22-35-28(10-6-14-37(35)42)21-34(30)36(23-31)32-12-4-5-13-33(32)40-45-38(26-8-2-1-3-9-26)44-39(46-40)27-17-15-25(16-18-27)29-11-7-19-43-24-29/h1-24H. The maximum Gasteiger partial charge on any atom is 0.164 e. The number of aromatic nitrogens is 4. The molecule has 218 valence electrons. The van der Waals surface area contributed by atoms with Gasteiger partial charge in [-0.25, -0.2) is 23.7 Å². The second kappa shape index (κ2) is 11.4. The van der Waals surface area contributed by atoms with Crippen molar-refractivity contribution in [2.45, 2.75) is 0 Å². The third-order valence-corrected chi connectivity index (χ3v) is 8.13. The fraction of sp³-hybridized carbons (Fsp3) is 0. The molecule has 0 N–H and O–H groups in total. The average Bonchev–Trinajstić information content (AvgIpc) is 3.11. The summed E-state index contributed by atoms with van der Waals surface area (Å²) in [5.74, 6) is 0.743. The van der Waals surface area contributed by atoms with Gasteiger partial charge in [0.05, 0.1) is 0 Å². The van der Waals surface area contributed by atoms with Gasteiger partial charge in [0.2, 0.25) is 0 Å². The molecule has 0 aliphatic heterocycles. The van der Waals surface area contributed by atoms with E-state index in [1.807, 2.05) is 109 Å². The minimum atomic E-state index is -0.414. The third-order valence-electron chi connectivity index (χ3n) is 8.13. The van der Waals surface area contributed by atoms with Crippen LogP contribution in [0, 0.1) is 11.6 Å². The van der Waals surface area contributed by atoms with Gasteiger partial charge >= 0.3 is 0 Å². The first-order valence-corrected chi connectivity index (χ1v) is 14.8. The Kier molecular flexibility index (Phi) is 6.80. The van der Waals surface area contributed by atoms with Crippen LogP contribution >= 0.6 is 0 Å². The molecule has 46 heavy (non-hydrogen) atoms. The van der Waals surface area contributed by atoms with E-state index >= 15 is 4.39 Å². The van der Waals surface area contributed by atoms with E-state index in [1.54, 1.807) is 18.3 Å². The van der Waals surface area contributed by atoms with E-state index in [-0.39, 0.29) is 5.82 Å². The summed E-state index contributed by atoms with van der Waals surface area (Å²) in [6, 6.07) is 41.0. The van der Waals surface area contributed by atoms with Crippen LogP contribution in [0.1, 0.15) is 0 Å². The van der Waals surface area contributed by atoms with Crippen LogP contribution in [0.15, 0.2) is 146 Å². The van der Waals surface area contributed by atoms with Crippen LogP contribution in [0.5, 0.6) is 0 Å². The molecule has 0 saturated carbocycles. The SMILES string of the molecule is Fc1cc(-c2ccccc2-c2nc(-c3ccccc3)nc(-c3ccc(-c4cccnc4)cc3)n2)c2cc3cccc(F)c3cc2c1. The number of hydrogen-bond donors (Lipinski definition) is 0. The molecule has 0 radical (unpaired) electrons. The Morgan fingerprint density at radius 1 is 0.413 bits per heavy atom. The van der Waals surface area contributed by atoms with Crippen molar-refractivity contribution in [1.29, 1.82) is 0 Å². The first kappa shape index (κ1) is 27.4. The number of halogens is 2. The molecule has 8 aromatic rings. The van der Waals surface area contributed by atoms with E-state index in [9.17, 15) is 4.39 Å². The molecule has 0 amide bonds. The van der Waals surface area contributed by atoms with Gasteiger partial charge in [0, 0.05) is 34.5 Å². The summed E-state index contributed by atoms with van der Waals surface area (Å²) in [6.45, 7) is 0. The highest BCUT2D eigenvalue weighted by Gasteiger charge is 2.18. The minimum Gasteiger partial charge on any atom is -0.264 e. The predicted octanol–water partition coefficient (Wildman–Crippen LogP) is 10.2. The van der Waals surface area contributed by atoms with Crippen molar-refractivity contribution < 1.29 is 8.78 Å². The van der Waals surface area contributed by atoms with Crippen LogP contribution in [0.4, 0.5) is 8.78 Å². The molecule has 0 spiro atoms. The van der Waals surface area contributed by atoms with Gasteiger partial charge in [-0.3, -0.25) is 4.98 Å². The Hall–Kier alpha value is -6.14. The number of rotatable bonds is 5. The van der Waals surface area contributed by atoms with E-state index in [0.29, 0.717) is 33.8 Å². The average molecular weight is 599 g/mol. The molecule has 0 aliphatic carbocycles. The summed E-state index contributed by atoms with van der Waals surface area (Å²) in [4.78, 5) is 19.0. The van der Waals surface area contributed by atoms with Crippen molar-refractivity contribution >= 4 is 21.5 Å². The molecule has 0 atom stereocenters. The smallest absolute Gasteiger partial charge is 0.164 e. The normalized spacial score (nSPS) is 11.3. The van der Waals surface area contributed by atoms with E-state index in [1.165, 1.54) is 18.2 Å². The summed E-state index contributed by atoms with van der Waals surface area (Å²) in [6.07, 6.45) is 3.58. The van der Waals surface area contributed by atoms with Gasteiger partial charge in [-0.2, -0.15) is 0 Å². The molecule has 4 nitrogen and oxygen atoms in total. The highest BCUT2D eigenvalue weighted by Crippen LogP contribution is 2.38. The summed E-state index contributed by atoms with van der Waals surface area (Å²) in [5, 5.41) is 2.60. The first-order chi connectivity index (χ1) is 22.6. The van der Waals surface area contributed by atoms with Crippen molar-refractivity contribution in [3.05, 3.63) is 157 Å². The molecule has 0 saturated heterocycles. The van der Waals surface area contributed by atoms with Gasteiger partial charge in [-0.15, -0.1) is 0 Å². The summed E-state index contributed by atoms with van der Waals surface area (Å²) in [7, 11) is 0. The fourth-order valence-electron chi connectivity index (χ4n) is 5.89. The molecule has 0 fully saturated rings. The molecule has 2 heterocycles. The Balaban J connectivity index is 1.32. The van der Waals surface area contributed by atoms with Crippen LogP contribution in [0.2, 0.25) is 0 Å². The number of fused-ring (bicyclic) bond motifs is 2. The molecule has 0 bridgehead atoms. The molecule has 0 unspecified atom stereocenters. The Labute approximate surface area is 263 Å². The number of nitrogens with zero attached hydrogens (tertiary/aromatic N) is 4. The molecular weight excluding hydrogens is 574 g/mol. The van der Waals surface area contributed by atoms with E-state index < -0.39 is 5.82 Å². The molecule has 0 aliphatic rings. The summed E-state index contributed by atoms with van der Waals surface area (Å²) in [5.41, 5.74) is 5.87. The van der Waals surface area contributed by atoms with Crippen molar-refractivity contribution in [2.75, 3.05) is 0 Å². The summed E-state index contributed by atoms with van der Waals surface area (Å²) < 4.78 is 29.9. The lowest BCUT2D eigenvalue weighted by Crippen LogP contribution is -2.01. The Bertz CT molecular complexity index is 2380. The first-order valence-electron chi connectivity index (χ1n) is 14.8. The van der Waals surface area contributed by atoms with E-state index in [4.69, 9.17) is 15.0 Å². The molecule has 6 aromatic carbocycles. The molecule has 6 heteroatoms. The largest absolute Gasteiger partial charge is 0.264 e. The topological polar surface area (TPSA) is 51.6 Å². The lowest BCUT2D eigenvalue weighted by molar-refractivity contribution is 0.630. The van der Waals surface area contributed by atoms with Crippen molar-refractivity contribution in [3.63, 3.8) is 0 Å². The quantitative estimate of drug-likeness (QED) is 0.185. The monoisotopic (exact) mass is 598 g/mol. The molecular formula is C40H24F2N4. The van der Waals surface area contributed by atoms with Crippen LogP contribution in [-0.4, -0.2) is 19.9 Å². The van der Waals surface area contributed by atoms with E-state index in [0.717, 1.165) is 44.2 Å². The van der Waals surface area contributed by atoms with Crippen molar-refractivity contribution in [2.24, 2.45) is 0 Å². The minimum absolute atomic E-state index is 0.342. The predicted molar refractivity (Wildman–Crippen MR) is 180 cm³/mol. The van der Waals surface area contributed by atoms with Crippen LogP contribution in [0.25, 0.3) is 78.0 Å². The van der Waals surface area contributed by atoms with E-state index in [2.05, 4.69) is 4.98 Å². The zero-order valence-corrected chi connectivity index (χ0v) is 24.4. The zero-order valence-electron chi connectivity index (χ0n) is 24.4. The van der Waals surface area contributed by atoms with Gasteiger partial charge in [-0.05, 0) is 74.8 Å². The second-order valence-electron chi connectivity index (χ2n) is 11.0. The van der Waals surface area contributed by atoms with Crippen molar-refractivity contribution in [1.82, 2.24) is 19.9 Å². The van der Waals surface area contributed by atoms with Crippen LogP contribution in [0.3, 0.4) is 0 Å². The van der Waals surface area contributed by atoms with Crippen LogP contribution < -0.4 is 0 Å². The van der Waals surface area contributed by atoms with Gasteiger partial charge in [0.15, 0.2) is 17.5 Å². The van der Waals surface area contributed by atoms with Gasteiger partial charge in [0.25, 0.3) is 0 Å². The van der Waals surface area contributed by atoms with Gasteiger partial charge in [-0.1, -0.05) is 97.1 Å². The van der Waals surface area contributed by atoms with Crippen molar-refractivity contribution in [3.8, 4) is 56.4 Å². The lowest BCUT2D eigenvalue weighted by atomic mass is 9.92. The fourth-order valence-corrected chi connectivity index (χ4v) is 5.89. The van der Waals surface area contributed by atoms with Gasteiger partial charge < -0.3 is 0 Å². The number of benzene rings is 6. The Morgan fingerprint density at radius 3 is 1.83 bits per heavy atom. The maximum atomic E-state index is 15.2. The van der Waals surface area contributed by atoms with Crippen LogP contribution in [-0.2, 0) is 0 Å². The second-order valence-corrected chi connectivity index (χ2v) is 11.0.